The van der Waals surface area contributed by atoms with E-state index in [4.69, 9.17) is 17.3 Å². The van der Waals surface area contributed by atoms with Crippen LogP contribution in [0, 0.1) is 5.41 Å². The number of thioether (sulfide) groups is 1. The minimum Gasteiger partial charge on any atom is -0.355 e. The van der Waals surface area contributed by atoms with Crippen LogP contribution in [0.1, 0.15) is 43.1 Å². The number of aromatic nitrogens is 3. The van der Waals surface area contributed by atoms with Gasteiger partial charge in [-0.25, -0.2) is 15.0 Å². The first-order valence-corrected chi connectivity index (χ1v) is 11.6. The monoisotopic (exact) mass is 453 g/mol. The lowest BCUT2D eigenvalue weighted by atomic mass is 9.73. The summed E-state index contributed by atoms with van der Waals surface area (Å²) in [6.45, 7) is 1.94. The molecule has 5 nitrogen and oxygen atoms in total. The van der Waals surface area contributed by atoms with Gasteiger partial charge in [0.2, 0.25) is 0 Å². The number of fused-ring (bicyclic) bond motifs is 1. The van der Waals surface area contributed by atoms with Crippen molar-refractivity contribution in [3.05, 3.63) is 76.8 Å². The first-order valence-electron chi connectivity index (χ1n) is 10.3. The zero-order valence-electron chi connectivity index (χ0n) is 16.7. The number of pyridine rings is 1. The number of halogens is 1. The molecule has 0 amide bonds. The van der Waals surface area contributed by atoms with Gasteiger partial charge in [0.15, 0.2) is 0 Å². The first-order chi connectivity index (χ1) is 14.6. The van der Waals surface area contributed by atoms with Gasteiger partial charge in [-0.1, -0.05) is 61.1 Å². The fourth-order valence-corrected chi connectivity index (χ4v) is 5.60. The van der Waals surface area contributed by atoms with Gasteiger partial charge in [0, 0.05) is 24.9 Å². The normalized spacial score (nSPS) is 19.2. The first kappa shape index (κ1) is 22.1. The Morgan fingerprint density at radius 1 is 1.06 bits per heavy atom. The van der Waals surface area contributed by atoms with E-state index in [-0.39, 0.29) is 18.9 Å². The number of nitrogens with zero attached hydrogens (tertiary/aromatic N) is 4. The zero-order chi connectivity index (χ0) is 20.6. The lowest BCUT2D eigenvalue weighted by Crippen LogP contribution is -2.44. The largest absolute Gasteiger partial charge is 0.355 e. The molecule has 7 heteroatoms. The summed E-state index contributed by atoms with van der Waals surface area (Å²) in [5.74, 6) is 1.67. The summed E-state index contributed by atoms with van der Waals surface area (Å²) in [4.78, 5) is 15.9. The Kier molecular flexibility index (Phi) is 6.51. The molecule has 1 spiro atoms. The molecule has 2 N–H and O–H groups in total. The summed E-state index contributed by atoms with van der Waals surface area (Å²) in [6.07, 6.45) is 7.00. The van der Waals surface area contributed by atoms with Gasteiger partial charge in [-0.15, -0.1) is 0 Å². The summed E-state index contributed by atoms with van der Waals surface area (Å²) < 4.78 is 0. The molecule has 0 radical (unpaired) electrons. The lowest BCUT2D eigenvalue weighted by Gasteiger charge is -2.42. The average molecular weight is 454 g/mol. The summed E-state index contributed by atoms with van der Waals surface area (Å²) in [5.41, 5.74) is 10.6. The Hall–Kier alpha value is -2.15. The number of piperidine rings is 1. The molecule has 1 atom stereocenters. The van der Waals surface area contributed by atoms with Crippen molar-refractivity contribution >= 4 is 29.2 Å². The third-order valence-corrected chi connectivity index (χ3v) is 7.59. The second-order valence-electron chi connectivity index (χ2n) is 8.16. The summed E-state index contributed by atoms with van der Waals surface area (Å²) in [5, 5.41) is 1.41. The van der Waals surface area contributed by atoms with Crippen molar-refractivity contribution in [3.8, 4) is 0 Å². The topological polar surface area (TPSA) is 67.9 Å². The molecule has 1 aliphatic carbocycles. The molecule has 1 fully saturated rings. The molecule has 0 unspecified atom stereocenters. The van der Waals surface area contributed by atoms with E-state index in [1.807, 2.05) is 24.5 Å². The Balaban J connectivity index is 0.00000231. The molecule has 1 saturated heterocycles. The van der Waals surface area contributed by atoms with E-state index in [1.165, 1.54) is 11.1 Å². The number of hydrogen-bond donors (Lipinski definition) is 1. The van der Waals surface area contributed by atoms with Gasteiger partial charge >= 0.3 is 0 Å². The van der Waals surface area contributed by atoms with E-state index in [1.54, 1.807) is 17.8 Å². The average Bonchev–Trinajstić information content (AvgIpc) is 3.05. The van der Waals surface area contributed by atoms with Crippen molar-refractivity contribution < 1.29 is 0 Å². The molecular weight excluding hydrogens is 426 g/mol. The molecule has 2 aromatic heterocycles. The van der Waals surface area contributed by atoms with Crippen LogP contribution in [-0.4, -0.2) is 28.0 Å². The molecule has 5 rings (SSSR count). The van der Waals surface area contributed by atoms with Crippen LogP contribution in [0.2, 0.25) is 5.15 Å². The van der Waals surface area contributed by atoms with Crippen molar-refractivity contribution in [2.75, 3.05) is 18.0 Å². The van der Waals surface area contributed by atoms with E-state index < -0.39 is 0 Å². The van der Waals surface area contributed by atoms with Crippen LogP contribution >= 0.6 is 23.4 Å². The molecule has 0 bridgehead atoms. The fourth-order valence-electron chi connectivity index (χ4n) is 4.71. The zero-order valence-corrected chi connectivity index (χ0v) is 18.2. The maximum atomic E-state index is 6.69. The predicted molar refractivity (Wildman–Crippen MR) is 129 cm³/mol. The number of rotatable bonds is 4. The number of hydrogen-bond acceptors (Lipinski definition) is 6. The highest BCUT2D eigenvalue weighted by atomic mass is 35.5. The quantitative estimate of drug-likeness (QED) is 0.427. The lowest BCUT2D eigenvalue weighted by molar-refractivity contribution is 0.187. The predicted octanol–water partition coefficient (Wildman–Crippen LogP) is 5.30. The van der Waals surface area contributed by atoms with Gasteiger partial charge < -0.3 is 10.6 Å². The Bertz CT molecular complexity index is 1030. The molecule has 31 heavy (non-hydrogen) atoms. The smallest absolute Gasteiger partial charge is 0.147 e. The third kappa shape index (κ3) is 4.43. The highest BCUT2D eigenvalue weighted by Crippen LogP contribution is 2.50. The van der Waals surface area contributed by atoms with E-state index in [0.29, 0.717) is 5.15 Å². The second kappa shape index (κ2) is 9.15. The van der Waals surface area contributed by atoms with Gasteiger partial charge in [-0.2, -0.15) is 0 Å². The minimum atomic E-state index is 0. The number of nitrogens with two attached hydrogens (primary N) is 1. The van der Waals surface area contributed by atoms with Crippen molar-refractivity contribution in [1.29, 1.82) is 0 Å². The van der Waals surface area contributed by atoms with Gasteiger partial charge in [-0.05, 0) is 47.9 Å². The van der Waals surface area contributed by atoms with Crippen LogP contribution in [-0.2, 0) is 12.2 Å². The van der Waals surface area contributed by atoms with Crippen LogP contribution < -0.4 is 10.6 Å². The van der Waals surface area contributed by atoms with Crippen molar-refractivity contribution in [1.82, 2.24) is 15.0 Å². The van der Waals surface area contributed by atoms with Crippen LogP contribution in [0.25, 0.3) is 0 Å². The molecule has 162 valence electrons. The fraction of sp³-hybridized carbons (Fsp3) is 0.375. The second-order valence-corrected chi connectivity index (χ2v) is 9.54. The maximum Gasteiger partial charge on any atom is 0.147 e. The van der Waals surface area contributed by atoms with Crippen LogP contribution in [0.5, 0.6) is 0 Å². The third-order valence-electron chi connectivity index (χ3n) is 6.43. The maximum absolute atomic E-state index is 6.69. The Morgan fingerprint density at radius 2 is 1.87 bits per heavy atom. The van der Waals surface area contributed by atoms with Crippen LogP contribution in [0.15, 0.2) is 59.9 Å². The summed E-state index contributed by atoms with van der Waals surface area (Å²) in [6, 6.07) is 14.5. The molecule has 3 aromatic rings. The highest BCUT2D eigenvalue weighted by Gasteiger charge is 2.45. The molecular formula is C24H28ClN5S. The number of benzene rings is 1. The van der Waals surface area contributed by atoms with E-state index in [2.05, 4.69) is 44.1 Å². The van der Waals surface area contributed by atoms with Crippen molar-refractivity contribution in [2.45, 2.75) is 43.5 Å². The SMILES string of the molecule is C.N[C@@H]1c2ccccc2CC12CCN(c1cnc(SCc3cccc(Cl)n3)cn1)CC2. The van der Waals surface area contributed by atoms with Gasteiger partial charge in [0.25, 0.3) is 0 Å². The Morgan fingerprint density at radius 3 is 2.58 bits per heavy atom. The van der Waals surface area contributed by atoms with E-state index >= 15 is 0 Å². The minimum absolute atomic E-state index is 0. The summed E-state index contributed by atoms with van der Waals surface area (Å²) >= 11 is 7.57. The molecule has 2 aliphatic rings. The Labute approximate surface area is 193 Å². The summed E-state index contributed by atoms with van der Waals surface area (Å²) in [7, 11) is 0. The van der Waals surface area contributed by atoms with Crippen molar-refractivity contribution in [3.63, 3.8) is 0 Å². The van der Waals surface area contributed by atoms with Crippen LogP contribution in [0.4, 0.5) is 5.82 Å². The molecule has 3 heterocycles. The van der Waals surface area contributed by atoms with Gasteiger partial charge in [0.1, 0.15) is 16.0 Å². The molecule has 1 aliphatic heterocycles. The standard InChI is InChI=1S/C23H24ClN5S.CH4/c24-19-7-3-5-17(28-19)15-30-21-14-26-20(13-27-21)29-10-8-23(9-11-29)12-16-4-1-2-6-18(16)22(23)25;/h1-7,13-14,22H,8-12,15,25H2;1H4/t22-;/m1./s1. The van der Waals surface area contributed by atoms with E-state index in [0.717, 1.165) is 54.6 Å². The van der Waals surface area contributed by atoms with Gasteiger partial charge in [-0.3, -0.25) is 0 Å². The van der Waals surface area contributed by atoms with E-state index in [9.17, 15) is 0 Å². The highest BCUT2D eigenvalue weighted by molar-refractivity contribution is 7.98. The number of anilines is 1. The van der Waals surface area contributed by atoms with Crippen molar-refractivity contribution in [2.24, 2.45) is 11.1 Å². The van der Waals surface area contributed by atoms with Crippen LogP contribution in [0.3, 0.4) is 0 Å². The molecule has 1 aromatic carbocycles. The van der Waals surface area contributed by atoms with Gasteiger partial charge in [0.05, 0.1) is 18.1 Å². The molecule has 0 saturated carbocycles.